The third kappa shape index (κ3) is 3.63. The molecule has 0 atom stereocenters. The molecule has 1 N–H and O–H groups in total. The van der Waals surface area contributed by atoms with Crippen LogP contribution < -0.4 is 5.32 Å². The van der Waals surface area contributed by atoms with Crippen LogP contribution in [0.4, 0.5) is 11.5 Å². The zero-order valence-electron chi connectivity index (χ0n) is 17.6. The van der Waals surface area contributed by atoms with Crippen LogP contribution in [0.2, 0.25) is 0 Å². The summed E-state index contributed by atoms with van der Waals surface area (Å²) in [7, 11) is 0. The molecule has 156 valence electrons. The summed E-state index contributed by atoms with van der Waals surface area (Å²) in [5.41, 5.74) is 4.11. The predicted octanol–water partition coefficient (Wildman–Crippen LogP) is 4.81. The summed E-state index contributed by atoms with van der Waals surface area (Å²) < 4.78 is 1.58. The van der Waals surface area contributed by atoms with Crippen LogP contribution in [-0.2, 0) is 0 Å². The minimum Gasteiger partial charge on any atom is -0.306 e. The molecule has 0 spiro atoms. The van der Waals surface area contributed by atoms with Crippen LogP contribution >= 0.6 is 0 Å². The molecule has 0 unspecified atom stereocenters. The van der Waals surface area contributed by atoms with Crippen LogP contribution in [0.5, 0.6) is 0 Å². The number of nitrogens with zero attached hydrogens (tertiary/aromatic N) is 4. The summed E-state index contributed by atoms with van der Waals surface area (Å²) in [5.74, 6) is 0.572. The molecule has 4 rings (SSSR count). The van der Waals surface area contributed by atoms with Gasteiger partial charge in [-0.15, -0.1) is 0 Å². The molecule has 4 aromatic rings. The van der Waals surface area contributed by atoms with Gasteiger partial charge in [0.15, 0.2) is 5.82 Å². The number of nitro groups is 1. The Balaban J connectivity index is 1.77. The molecule has 0 saturated carbocycles. The van der Waals surface area contributed by atoms with E-state index in [1.54, 1.807) is 23.7 Å². The molecule has 1 amide bonds. The van der Waals surface area contributed by atoms with Crippen molar-refractivity contribution in [2.24, 2.45) is 0 Å². The molecule has 0 radical (unpaired) electrons. The second kappa shape index (κ2) is 7.64. The minimum atomic E-state index is -0.495. The van der Waals surface area contributed by atoms with Gasteiger partial charge >= 0.3 is 0 Å². The fraction of sp³-hybridized carbons (Fsp3) is 0.174. The zero-order chi connectivity index (χ0) is 22.3. The summed E-state index contributed by atoms with van der Waals surface area (Å²) in [5, 5.41) is 19.6. The smallest absolute Gasteiger partial charge is 0.273 e. The third-order valence-corrected chi connectivity index (χ3v) is 5.27. The average molecular weight is 415 g/mol. The van der Waals surface area contributed by atoms with Crippen molar-refractivity contribution < 1.29 is 9.72 Å². The highest BCUT2D eigenvalue weighted by Crippen LogP contribution is 2.26. The van der Waals surface area contributed by atoms with E-state index >= 15 is 0 Å². The number of carbonyl (C=O) groups is 1. The first-order chi connectivity index (χ1) is 14.8. The Kier molecular flexibility index (Phi) is 4.98. The molecule has 2 aromatic carbocycles. The molecular formula is C23H21N5O3. The SMILES string of the molecule is Cc1cc(NC(=O)c2cccc([N+](=O)[O-])c2C)n(-c2cc(C)c3cccc(C)c3n2)n1. The first-order valence-corrected chi connectivity index (χ1v) is 9.75. The Morgan fingerprint density at radius 2 is 1.77 bits per heavy atom. The lowest BCUT2D eigenvalue weighted by Gasteiger charge is -2.12. The van der Waals surface area contributed by atoms with Crippen molar-refractivity contribution in [2.45, 2.75) is 27.7 Å². The standard InChI is InChI=1S/C23H21N5O3/c1-13-7-5-8-17-14(2)11-20(24-22(13)17)27-21(12-15(3)26-27)25-23(29)18-9-6-10-19(16(18)4)28(30)31/h5-12H,1-4H3,(H,25,29). The Hall–Kier alpha value is -4.07. The molecule has 31 heavy (non-hydrogen) atoms. The van der Waals surface area contributed by atoms with E-state index in [9.17, 15) is 14.9 Å². The number of aromatic nitrogens is 3. The first kappa shape index (κ1) is 20.2. The van der Waals surface area contributed by atoms with E-state index in [-0.39, 0.29) is 11.3 Å². The second-order valence-corrected chi connectivity index (χ2v) is 7.51. The Morgan fingerprint density at radius 3 is 2.52 bits per heavy atom. The molecule has 8 heteroatoms. The highest BCUT2D eigenvalue weighted by atomic mass is 16.6. The number of aryl methyl sites for hydroxylation is 3. The molecular weight excluding hydrogens is 394 g/mol. The summed E-state index contributed by atoms with van der Waals surface area (Å²) in [6.45, 7) is 7.39. The average Bonchev–Trinajstić information content (AvgIpc) is 3.08. The van der Waals surface area contributed by atoms with Gasteiger partial charge in [0.1, 0.15) is 5.82 Å². The summed E-state index contributed by atoms with van der Waals surface area (Å²) in [6, 6.07) is 14.1. The first-order valence-electron chi connectivity index (χ1n) is 9.75. The number of amides is 1. The van der Waals surface area contributed by atoms with Crippen molar-refractivity contribution >= 4 is 28.3 Å². The van der Waals surface area contributed by atoms with Gasteiger partial charge in [0.25, 0.3) is 11.6 Å². The van der Waals surface area contributed by atoms with E-state index in [4.69, 9.17) is 4.98 Å². The van der Waals surface area contributed by atoms with E-state index in [1.165, 1.54) is 12.1 Å². The third-order valence-electron chi connectivity index (χ3n) is 5.27. The van der Waals surface area contributed by atoms with E-state index < -0.39 is 10.8 Å². The van der Waals surface area contributed by atoms with E-state index in [0.717, 1.165) is 22.0 Å². The van der Waals surface area contributed by atoms with Gasteiger partial charge in [-0.3, -0.25) is 14.9 Å². The van der Waals surface area contributed by atoms with E-state index in [2.05, 4.69) is 10.4 Å². The van der Waals surface area contributed by atoms with Gasteiger partial charge in [-0.05, 0) is 51.0 Å². The van der Waals surface area contributed by atoms with Crippen LogP contribution in [0.3, 0.4) is 0 Å². The molecule has 0 aliphatic rings. The van der Waals surface area contributed by atoms with Crippen LogP contribution in [0.1, 0.15) is 32.7 Å². The molecule has 0 fully saturated rings. The molecule has 0 bridgehead atoms. The van der Waals surface area contributed by atoms with Gasteiger partial charge in [0, 0.05) is 28.6 Å². The fourth-order valence-electron chi connectivity index (χ4n) is 3.67. The molecule has 0 saturated heterocycles. The minimum absolute atomic E-state index is 0.0976. The Labute approximate surface area is 178 Å². The number of rotatable bonds is 4. The quantitative estimate of drug-likeness (QED) is 0.380. The van der Waals surface area contributed by atoms with Gasteiger partial charge in [-0.1, -0.05) is 24.3 Å². The van der Waals surface area contributed by atoms with Gasteiger partial charge in [0.2, 0.25) is 0 Å². The number of benzene rings is 2. The lowest BCUT2D eigenvalue weighted by atomic mass is 10.1. The zero-order valence-corrected chi connectivity index (χ0v) is 17.6. The Morgan fingerprint density at radius 1 is 1.03 bits per heavy atom. The Bertz CT molecular complexity index is 1360. The van der Waals surface area contributed by atoms with Crippen LogP contribution in [-0.4, -0.2) is 25.6 Å². The van der Waals surface area contributed by atoms with Crippen LogP contribution in [0.15, 0.2) is 48.5 Å². The molecule has 2 heterocycles. The number of anilines is 1. The van der Waals surface area contributed by atoms with Crippen molar-refractivity contribution in [3.8, 4) is 5.82 Å². The summed E-state index contributed by atoms with van der Waals surface area (Å²) in [6.07, 6.45) is 0. The lowest BCUT2D eigenvalue weighted by molar-refractivity contribution is -0.385. The number of nitro benzene ring substituents is 1. The van der Waals surface area contributed by atoms with Crippen molar-refractivity contribution in [3.05, 3.63) is 86.6 Å². The molecule has 0 aliphatic carbocycles. The van der Waals surface area contributed by atoms with Gasteiger partial charge < -0.3 is 5.32 Å². The topological polar surface area (TPSA) is 103 Å². The molecule has 0 aliphatic heterocycles. The predicted molar refractivity (Wildman–Crippen MR) is 119 cm³/mol. The largest absolute Gasteiger partial charge is 0.306 e. The van der Waals surface area contributed by atoms with Crippen molar-refractivity contribution in [3.63, 3.8) is 0 Å². The van der Waals surface area contributed by atoms with Crippen molar-refractivity contribution in [1.82, 2.24) is 14.8 Å². The van der Waals surface area contributed by atoms with Crippen molar-refractivity contribution in [2.75, 3.05) is 5.32 Å². The maximum absolute atomic E-state index is 12.9. The molecule has 8 nitrogen and oxygen atoms in total. The number of pyridine rings is 1. The highest BCUT2D eigenvalue weighted by molar-refractivity contribution is 6.05. The number of nitrogens with one attached hydrogen (secondary N) is 1. The molecule has 2 aromatic heterocycles. The van der Waals surface area contributed by atoms with Crippen molar-refractivity contribution in [1.29, 1.82) is 0 Å². The van der Waals surface area contributed by atoms with E-state index in [0.29, 0.717) is 22.9 Å². The van der Waals surface area contributed by atoms with Gasteiger partial charge in [0.05, 0.1) is 16.1 Å². The fourth-order valence-corrected chi connectivity index (χ4v) is 3.67. The second-order valence-electron chi connectivity index (χ2n) is 7.51. The summed E-state index contributed by atoms with van der Waals surface area (Å²) in [4.78, 5) is 28.4. The maximum atomic E-state index is 12.9. The lowest BCUT2D eigenvalue weighted by Crippen LogP contribution is -2.17. The number of hydrogen-bond acceptors (Lipinski definition) is 5. The maximum Gasteiger partial charge on any atom is 0.273 e. The number of para-hydroxylation sites is 1. The number of carbonyl (C=O) groups excluding carboxylic acids is 1. The highest BCUT2D eigenvalue weighted by Gasteiger charge is 2.20. The normalized spacial score (nSPS) is 11.0. The van der Waals surface area contributed by atoms with Crippen LogP contribution in [0.25, 0.3) is 16.7 Å². The monoisotopic (exact) mass is 415 g/mol. The van der Waals surface area contributed by atoms with Gasteiger partial charge in [-0.25, -0.2) is 4.98 Å². The van der Waals surface area contributed by atoms with Crippen LogP contribution in [0, 0.1) is 37.8 Å². The van der Waals surface area contributed by atoms with E-state index in [1.807, 2.05) is 45.0 Å². The number of hydrogen-bond donors (Lipinski definition) is 1. The number of fused-ring (bicyclic) bond motifs is 1. The van der Waals surface area contributed by atoms with Gasteiger partial charge in [-0.2, -0.15) is 9.78 Å². The summed E-state index contributed by atoms with van der Waals surface area (Å²) >= 11 is 0.